The normalized spacial score (nSPS) is 10.9. The van der Waals surface area contributed by atoms with E-state index in [1.165, 1.54) is 0 Å². The second kappa shape index (κ2) is 4.79. The number of hydrogen-bond donors (Lipinski definition) is 0. The van der Waals surface area contributed by atoms with Gasteiger partial charge in [-0.05, 0) is 23.6 Å². The fourth-order valence-corrected chi connectivity index (χ4v) is 3.03. The van der Waals surface area contributed by atoms with Gasteiger partial charge in [0.25, 0.3) is 0 Å². The van der Waals surface area contributed by atoms with Crippen molar-refractivity contribution in [1.29, 1.82) is 0 Å². The van der Waals surface area contributed by atoms with Crippen molar-refractivity contribution in [3.63, 3.8) is 0 Å². The molecule has 0 radical (unpaired) electrons. The average Bonchev–Trinajstić information content (AvgIpc) is 2.83. The van der Waals surface area contributed by atoms with Gasteiger partial charge in [0.1, 0.15) is 5.82 Å². The van der Waals surface area contributed by atoms with Crippen molar-refractivity contribution in [2.45, 2.75) is 0 Å². The summed E-state index contributed by atoms with van der Waals surface area (Å²) in [6.45, 7) is 0. The van der Waals surface area contributed by atoms with Crippen molar-refractivity contribution in [3.05, 3.63) is 40.7 Å². The van der Waals surface area contributed by atoms with Crippen LogP contribution in [0.15, 0.2) is 35.7 Å². The number of para-hydroxylation sites is 1. The molecule has 19 heavy (non-hydrogen) atoms. The Balaban J connectivity index is 2.31. The van der Waals surface area contributed by atoms with Crippen LogP contribution in [0.1, 0.15) is 0 Å². The van der Waals surface area contributed by atoms with E-state index in [1.807, 2.05) is 54.7 Å². The molecule has 3 rings (SSSR count). The number of anilines is 1. The number of aromatic nitrogens is 2. The maximum Gasteiger partial charge on any atom is 0.173 e. The van der Waals surface area contributed by atoms with Crippen molar-refractivity contribution >= 4 is 39.7 Å². The van der Waals surface area contributed by atoms with Crippen LogP contribution in [-0.2, 0) is 0 Å². The van der Waals surface area contributed by atoms with Gasteiger partial charge in [-0.15, -0.1) is 11.3 Å². The first-order valence-electron chi connectivity index (χ1n) is 5.84. The van der Waals surface area contributed by atoms with Gasteiger partial charge in [0.15, 0.2) is 5.82 Å². The molecule has 0 amide bonds. The number of thiophene rings is 1. The Bertz CT molecular complexity index is 736. The minimum Gasteiger partial charge on any atom is -0.362 e. The first-order valence-corrected chi connectivity index (χ1v) is 7.10. The van der Waals surface area contributed by atoms with Crippen LogP contribution in [0.2, 0.25) is 5.02 Å². The Labute approximate surface area is 120 Å². The van der Waals surface area contributed by atoms with Gasteiger partial charge in [-0.1, -0.05) is 23.7 Å². The van der Waals surface area contributed by atoms with Crippen LogP contribution in [-0.4, -0.2) is 24.1 Å². The molecule has 3 nitrogen and oxygen atoms in total. The predicted molar refractivity (Wildman–Crippen MR) is 82.2 cm³/mol. The van der Waals surface area contributed by atoms with E-state index < -0.39 is 0 Å². The van der Waals surface area contributed by atoms with Crippen LogP contribution in [0.25, 0.3) is 21.6 Å². The van der Waals surface area contributed by atoms with Gasteiger partial charge in [-0.25, -0.2) is 9.97 Å². The monoisotopic (exact) mass is 289 g/mol. The smallest absolute Gasteiger partial charge is 0.173 e. The molecule has 0 bridgehead atoms. The standard InChI is InChI=1S/C14H12ClN3S/c1-18(2)14-9-5-3-4-6-11(9)16-13(17-14)12-10(15)7-8-19-12/h3-8H,1-2H3. The lowest BCUT2D eigenvalue weighted by molar-refractivity contribution is 1.07. The second-order valence-electron chi connectivity index (χ2n) is 4.38. The maximum atomic E-state index is 6.17. The third-order valence-electron chi connectivity index (χ3n) is 2.83. The summed E-state index contributed by atoms with van der Waals surface area (Å²) in [6, 6.07) is 9.88. The van der Waals surface area contributed by atoms with Crippen molar-refractivity contribution in [2.75, 3.05) is 19.0 Å². The van der Waals surface area contributed by atoms with Crippen molar-refractivity contribution in [3.8, 4) is 10.7 Å². The molecule has 3 aromatic rings. The van der Waals surface area contributed by atoms with E-state index in [4.69, 9.17) is 11.6 Å². The van der Waals surface area contributed by atoms with E-state index in [1.54, 1.807) is 11.3 Å². The lowest BCUT2D eigenvalue weighted by atomic mass is 10.2. The average molecular weight is 290 g/mol. The molecule has 5 heteroatoms. The van der Waals surface area contributed by atoms with Crippen molar-refractivity contribution < 1.29 is 0 Å². The highest BCUT2D eigenvalue weighted by Gasteiger charge is 2.13. The summed E-state index contributed by atoms with van der Waals surface area (Å²) < 4.78 is 0. The molecule has 96 valence electrons. The largest absolute Gasteiger partial charge is 0.362 e. The second-order valence-corrected chi connectivity index (χ2v) is 5.70. The van der Waals surface area contributed by atoms with E-state index in [9.17, 15) is 0 Å². The third-order valence-corrected chi connectivity index (χ3v) is 4.16. The maximum absolute atomic E-state index is 6.17. The molecule has 0 atom stereocenters. The highest BCUT2D eigenvalue weighted by Crippen LogP contribution is 2.33. The van der Waals surface area contributed by atoms with Gasteiger partial charge in [0.2, 0.25) is 0 Å². The fourth-order valence-electron chi connectivity index (χ4n) is 1.96. The highest BCUT2D eigenvalue weighted by atomic mass is 35.5. The van der Waals surface area contributed by atoms with Gasteiger partial charge >= 0.3 is 0 Å². The zero-order valence-corrected chi connectivity index (χ0v) is 12.2. The highest BCUT2D eigenvalue weighted by molar-refractivity contribution is 7.14. The minimum absolute atomic E-state index is 0.683. The van der Waals surface area contributed by atoms with E-state index >= 15 is 0 Å². The van der Waals surface area contributed by atoms with Crippen molar-refractivity contribution in [1.82, 2.24) is 9.97 Å². The summed E-state index contributed by atoms with van der Waals surface area (Å²) in [5.74, 6) is 1.59. The molecule has 0 aliphatic rings. The molecule has 0 aliphatic carbocycles. The topological polar surface area (TPSA) is 29.0 Å². The van der Waals surface area contributed by atoms with Gasteiger partial charge in [-0.3, -0.25) is 0 Å². The van der Waals surface area contributed by atoms with Crippen LogP contribution in [0, 0.1) is 0 Å². The quantitative estimate of drug-likeness (QED) is 0.712. The summed E-state index contributed by atoms with van der Waals surface area (Å²) in [5.41, 5.74) is 0.931. The Morgan fingerprint density at radius 3 is 2.58 bits per heavy atom. The summed E-state index contributed by atoms with van der Waals surface area (Å²) >= 11 is 7.73. The molecular formula is C14H12ClN3S. The number of rotatable bonds is 2. The Morgan fingerprint density at radius 2 is 1.89 bits per heavy atom. The van der Waals surface area contributed by atoms with Crippen LogP contribution in [0.4, 0.5) is 5.82 Å². The Kier molecular flexibility index (Phi) is 3.12. The number of nitrogens with zero attached hydrogens (tertiary/aromatic N) is 3. The summed E-state index contributed by atoms with van der Waals surface area (Å²) in [7, 11) is 3.96. The van der Waals surface area contributed by atoms with Gasteiger partial charge < -0.3 is 4.90 Å². The van der Waals surface area contributed by atoms with E-state index in [-0.39, 0.29) is 0 Å². The molecule has 0 spiro atoms. The van der Waals surface area contributed by atoms with Crippen LogP contribution in [0.3, 0.4) is 0 Å². The molecule has 0 saturated carbocycles. The van der Waals surface area contributed by atoms with Crippen LogP contribution in [0.5, 0.6) is 0 Å². The van der Waals surface area contributed by atoms with Crippen LogP contribution < -0.4 is 4.90 Å². The lowest BCUT2D eigenvalue weighted by Crippen LogP contribution is -2.12. The molecule has 0 N–H and O–H groups in total. The lowest BCUT2D eigenvalue weighted by Gasteiger charge is -2.15. The first kappa shape index (κ1) is 12.4. The molecule has 2 aromatic heterocycles. The predicted octanol–water partition coefficient (Wildman–Crippen LogP) is 4.08. The Hall–Kier alpha value is -1.65. The van der Waals surface area contributed by atoms with Gasteiger partial charge in [-0.2, -0.15) is 0 Å². The Morgan fingerprint density at radius 1 is 1.11 bits per heavy atom. The van der Waals surface area contributed by atoms with E-state index in [0.717, 1.165) is 21.6 Å². The third kappa shape index (κ3) is 2.17. The minimum atomic E-state index is 0.683. The molecule has 2 heterocycles. The SMILES string of the molecule is CN(C)c1nc(-c2sccc2Cl)nc2ccccc12. The number of hydrogen-bond acceptors (Lipinski definition) is 4. The van der Waals surface area contributed by atoms with Gasteiger partial charge in [0, 0.05) is 19.5 Å². The van der Waals surface area contributed by atoms with Gasteiger partial charge in [0.05, 0.1) is 15.4 Å². The fraction of sp³-hybridized carbons (Fsp3) is 0.143. The summed E-state index contributed by atoms with van der Waals surface area (Å²) in [6.07, 6.45) is 0. The summed E-state index contributed by atoms with van der Waals surface area (Å²) in [4.78, 5) is 12.2. The summed E-state index contributed by atoms with van der Waals surface area (Å²) in [5, 5.41) is 3.69. The zero-order chi connectivity index (χ0) is 13.4. The molecule has 0 fully saturated rings. The van der Waals surface area contributed by atoms with Crippen molar-refractivity contribution in [2.24, 2.45) is 0 Å². The number of fused-ring (bicyclic) bond motifs is 1. The first-order chi connectivity index (χ1) is 9.16. The van der Waals surface area contributed by atoms with Crippen LogP contribution >= 0.6 is 22.9 Å². The molecule has 0 saturated heterocycles. The molecular weight excluding hydrogens is 278 g/mol. The molecule has 0 aliphatic heterocycles. The molecule has 0 unspecified atom stereocenters. The van der Waals surface area contributed by atoms with E-state index in [2.05, 4.69) is 9.97 Å². The zero-order valence-electron chi connectivity index (χ0n) is 10.6. The molecule has 1 aromatic carbocycles. The number of benzene rings is 1. The number of halogens is 1. The van der Waals surface area contributed by atoms with E-state index in [0.29, 0.717) is 10.8 Å².